The van der Waals surface area contributed by atoms with Crippen LogP contribution in [-0.2, 0) is 11.3 Å². The Morgan fingerprint density at radius 2 is 2.30 bits per heavy atom. The summed E-state index contributed by atoms with van der Waals surface area (Å²) in [4.78, 5) is 25.1. The Labute approximate surface area is 125 Å². The van der Waals surface area contributed by atoms with Crippen LogP contribution in [0.2, 0.25) is 0 Å². The number of nitrogens with zero attached hydrogens (tertiary/aromatic N) is 5. The van der Waals surface area contributed by atoms with Gasteiger partial charge in [-0.25, -0.2) is 15.0 Å². The number of amides is 1. The van der Waals surface area contributed by atoms with Gasteiger partial charge in [-0.1, -0.05) is 23.2 Å². The van der Waals surface area contributed by atoms with E-state index in [2.05, 4.69) is 15.0 Å². The molecule has 2 aromatic rings. The number of hydrogen-bond donors (Lipinski definition) is 0. The maximum absolute atomic E-state index is 12.0. The third kappa shape index (κ3) is 2.45. The van der Waals surface area contributed by atoms with Crippen molar-refractivity contribution in [3.63, 3.8) is 0 Å². The summed E-state index contributed by atoms with van der Waals surface area (Å²) < 4.78 is 1.94. The lowest BCUT2D eigenvalue weighted by Gasteiger charge is -2.25. The smallest absolute Gasteiger partial charge is 0.256 e. The number of halogens is 2. The highest BCUT2D eigenvalue weighted by Gasteiger charge is 2.32. The zero-order chi connectivity index (χ0) is 14.1. The average molecular weight is 314 g/mol. The highest BCUT2D eigenvalue weighted by molar-refractivity contribution is 6.53. The molecule has 1 amide bonds. The lowest BCUT2D eigenvalue weighted by Crippen LogP contribution is -2.40. The van der Waals surface area contributed by atoms with Crippen molar-refractivity contribution in [2.24, 2.45) is 0 Å². The van der Waals surface area contributed by atoms with Crippen LogP contribution in [0, 0.1) is 0 Å². The number of rotatable bonds is 3. The van der Waals surface area contributed by atoms with Gasteiger partial charge < -0.3 is 9.47 Å². The Bertz CT molecular complexity index is 629. The van der Waals surface area contributed by atoms with Crippen LogP contribution in [0.15, 0.2) is 18.9 Å². The van der Waals surface area contributed by atoms with Crippen molar-refractivity contribution in [3.8, 4) is 0 Å². The van der Waals surface area contributed by atoms with Gasteiger partial charge in [0.15, 0.2) is 10.5 Å². The Morgan fingerprint density at radius 1 is 1.45 bits per heavy atom. The van der Waals surface area contributed by atoms with E-state index in [1.54, 1.807) is 17.4 Å². The Balaban J connectivity index is 1.81. The minimum absolute atomic E-state index is 0.0786. The van der Waals surface area contributed by atoms with Gasteiger partial charge in [-0.2, -0.15) is 0 Å². The quantitative estimate of drug-likeness (QED) is 0.808. The van der Waals surface area contributed by atoms with Gasteiger partial charge in [0, 0.05) is 19.1 Å². The first-order chi connectivity index (χ1) is 9.66. The van der Waals surface area contributed by atoms with Gasteiger partial charge in [0.1, 0.15) is 11.8 Å². The second kappa shape index (κ2) is 5.54. The molecule has 2 aromatic heterocycles. The van der Waals surface area contributed by atoms with Crippen molar-refractivity contribution < 1.29 is 4.79 Å². The van der Waals surface area contributed by atoms with Crippen molar-refractivity contribution >= 4 is 40.3 Å². The van der Waals surface area contributed by atoms with E-state index in [1.807, 2.05) is 4.57 Å². The molecule has 0 aliphatic carbocycles. The molecule has 3 heterocycles. The predicted octanol–water partition coefficient (Wildman–Crippen LogP) is 1.62. The molecule has 1 unspecified atom stereocenters. The van der Waals surface area contributed by atoms with Crippen LogP contribution in [0.4, 0.5) is 0 Å². The maximum atomic E-state index is 12.0. The minimum Gasteiger partial charge on any atom is -0.336 e. The van der Waals surface area contributed by atoms with E-state index in [0.717, 1.165) is 24.0 Å². The van der Waals surface area contributed by atoms with E-state index in [9.17, 15) is 4.79 Å². The summed E-state index contributed by atoms with van der Waals surface area (Å²) >= 11 is 11.4. The molecule has 1 saturated heterocycles. The number of fused-ring (bicyclic) bond motifs is 1. The van der Waals surface area contributed by atoms with Gasteiger partial charge in [0.2, 0.25) is 0 Å². The standard InChI is InChI=1S/C12H13Cl2N5O/c13-10(14)12(20)19-3-1-2-8(19)5-18-7-17-9-4-15-6-16-11(9)18/h4,6-8,10H,1-3,5H2. The van der Waals surface area contributed by atoms with Crippen molar-refractivity contribution in [2.45, 2.75) is 30.3 Å². The third-order valence-electron chi connectivity index (χ3n) is 3.54. The van der Waals surface area contributed by atoms with Gasteiger partial charge in [0.25, 0.3) is 5.91 Å². The zero-order valence-corrected chi connectivity index (χ0v) is 12.1. The number of imidazole rings is 1. The summed E-state index contributed by atoms with van der Waals surface area (Å²) in [6.07, 6.45) is 6.77. The molecule has 6 nitrogen and oxygen atoms in total. The molecule has 20 heavy (non-hydrogen) atoms. The first-order valence-corrected chi connectivity index (χ1v) is 7.23. The minimum atomic E-state index is -1.00. The van der Waals surface area contributed by atoms with Gasteiger partial charge in [0.05, 0.1) is 12.5 Å². The highest BCUT2D eigenvalue weighted by Crippen LogP contribution is 2.23. The first kappa shape index (κ1) is 13.6. The molecule has 1 fully saturated rings. The summed E-state index contributed by atoms with van der Waals surface area (Å²) in [6, 6.07) is 0.0786. The van der Waals surface area contributed by atoms with Crippen LogP contribution in [0.1, 0.15) is 12.8 Å². The monoisotopic (exact) mass is 313 g/mol. The second-order valence-electron chi connectivity index (χ2n) is 4.76. The number of carbonyl (C=O) groups is 1. The molecule has 3 rings (SSSR count). The lowest BCUT2D eigenvalue weighted by atomic mass is 10.2. The predicted molar refractivity (Wildman–Crippen MR) is 75.6 cm³/mol. The van der Waals surface area contributed by atoms with Crippen LogP contribution >= 0.6 is 23.2 Å². The molecule has 0 saturated carbocycles. The number of carbonyl (C=O) groups excluding carboxylic acids is 1. The van der Waals surface area contributed by atoms with Gasteiger partial charge in [-0.05, 0) is 12.8 Å². The normalized spacial score (nSPS) is 19.1. The van der Waals surface area contributed by atoms with E-state index >= 15 is 0 Å². The Morgan fingerprint density at radius 3 is 3.10 bits per heavy atom. The van der Waals surface area contributed by atoms with E-state index in [0.29, 0.717) is 13.1 Å². The van der Waals surface area contributed by atoms with Crippen molar-refractivity contribution in [2.75, 3.05) is 6.54 Å². The molecule has 0 aromatic carbocycles. The van der Waals surface area contributed by atoms with Crippen molar-refractivity contribution in [3.05, 3.63) is 18.9 Å². The fourth-order valence-corrected chi connectivity index (χ4v) is 2.87. The maximum Gasteiger partial charge on any atom is 0.256 e. The van der Waals surface area contributed by atoms with E-state index in [4.69, 9.17) is 23.2 Å². The molecule has 1 atom stereocenters. The SMILES string of the molecule is O=C(C(Cl)Cl)N1CCCC1Cn1cnc2cncnc21. The fourth-order valence-electron chi connectivity index (χ4n) is 2.62. The van der Waals surface area contributed by atoms with Crippen LogP contribution < -0.4 is 0 Å². The van der Waals surface area contributed by atoms with Gasteiger partial charge in [-0.15, -0.1) is 0 Å². The highest BCUT2D eigenvalue weighted by atomic mass is 35.5. The van der Waals surface area contributed by atoms with E-state index in [-0.39, 0.29) is 11.9 Å². The average Bonchev–Trinajstić information content (AvgIpc) is 3.06. The fraction of sp³-hybridized carbons (Fsp3) is 0.500. The molecular formula is C12H13Cl2N5O. The number of likely N-dealkylation sites (tertiary alicyclic amines) is 1. The molecule has 0 radical (unpaired) electrons. The van der Waals surface area contributed by atoms with Crippen LogP contribution in [0.25, 0.3) is 11.2 Å². The van der Waals surface area contributed by atoms with Crippen molar-refractivity contribution in [1.82, 2.24) is 24.4 Å². The van der Waals surface area contributed by atoms with Crippen LogP contribution in [0.3, 0.4) is 0 Å². The molecule has 8 heteroatoms. The van der Waals surface area contributed by atoms with Crippen LogP contribution in [0.5, 0.6) is 0 Å². The summed E-state index contributed by atoms with van der Waals surface area (Å²) in [5, 5.41) is 0. The molecule has 1 aliphatic rings. The number of aromatic nitrogens is 4. The lowest BCUT2D eigenvalue weighted by molar-refractivity contribution is -0.130. The summed E-state index contributed by atoms with van der Waals surface area (Å²) in [7, 11) is 0. The molecule has 0 bridgehead atoms. The Hall–Kier alpha value is -1.40. The van der Waals surface area contributed by atoms with Crippen LogP contribution in [-0.4, -0.2) is 47.7 Å². The molecule has 0 N–H and O–H groups in total. The zero-order valence-electron chi connectivity index (χ0n) is 10.6. The van der Waals surface area contributed by atoms with Crippen molar-refractivity contribution in [1.29, 1.82) is 0 Å². The number of alkyl halides is 2. The summed E-state index contributed by atoms with van der Waals surface area (Å²) in [6.45, 7) is 1.33. The van der Waals surface area contributed by atoms with E-state index in [1.165, 1.54) is 6.33 Å². The summed E-state index contributed by atoms with van der Waals surface area (Å²) in [5.41, 5.74) is 1.52. The molecule has 106 valence electrons. The largest absolute Gasteiger partial charge is 0.336 e. The second-order valence-corrected chi connectivity index (χ2v) is 5.85. The first-order valence-electron chi connectivity index (χ1n) is 6.36. The molecule has 1 aliphatic heterocycles. The van der Waals surface area contributed by atoms with E-state index < -0.39 is 4.84 Å². The van der Waals surface area contributed by atoms with Gasteiger partial charge >= 0.3 is 0 Å². The van der Waals surface area contributed by atoms with Gasteiger partial charge in [-0.3, -0.25) is 4.79 Å². The molecule has 0 spiro atoms. The summed E-state index contributed by atoms with van der Waals surface area (Å²) in [5.74, 6) is -0.227. The topological polar surface area (TPSA) is 63.9 Å². The Kier molecular flexibility index (Phi) is 3.76. The number of hydrogen-bond acceptors (Lipinski definition) is 4. The molecular weight excluding hydrogens is 301 g/mol. The third-order valence-corrected chi connectivity index (χ3v) is 3.91.